The maximum atomic E-state index is 5.21. The molecule has 0 aliphatic rings. The van der Waals surface area contributed by atoms with Gasteiger partial charge in [0.25, 0.3) is 0 Å². The third-order valence-corrected chi connectivity index (χ3v) is 3.71. The third kappa shape index (κ3) is 5.44. The van der Waals surface area contributed by atoms with Crippen molar-refractivity contribution in [2.24, 2.45) is 0 Å². The number of hydrogen-bond donors (Lipinski definition) is 1. The third-order valence-electron chi connectivity index (χ3n) is 2.56. The highest BCUT2D eigenvalue weighted by atomic mass is 32.1. The topological polar surface area (TPSA) is 43.4 Å². The van der Waals surface area contributed by atoms with E-state index in [4.69, 9.17) is 9.47 Å². The van der Waals surface area contributed by atoms with E-state index in [1.807, 2.05) is 0 Å². The second-order valence-corrected chi connectivity index (χ2v) is 5.35. The number of nitrogens with one attached hydrogen (secondary N) is 1. The van der Waals surface area contributed by atoms with Gasteiger partial charge in [0.05, 0.1) is 17.3 Å². The van der Waals surface area contributed by atoms with E-state index in [0.717, 1.165) is 44.7 Å². The molecule has 5 heteroatoms. The van der Waals surface area contributed by atoms with E-state index in [0.29, 0.717) is 6.61 Å². The summed E-state index contributed by atoms with van der Waals surface area (Å²) in [6, 6.07) is 0. The number of methoxy groups -OCH3 is 2. The van der Waals surface area contributed by atoms with Gasteiger partial charge in [0.2, 0.25) is 0 Å². The highest BCUT2D eigenvalue weighted by Crippen LogP contribution is 2.20. The van der Waals surface area contributed by atoms with Gasteiger partial charge >= 0.3 is 0 Å². The van der Waals surface area contributed by atoms with Crippen molar-refractivity contribution in [3.8, 4) is 0 Å². The summed E-state index contributed by atoms with van der Waals surface area (Å²) in [5, 5.41) is 4.61. The van der Waals surface area contributed by atoms with Gasteiger partial charge in [-0.1, -0.05) is 6.92 Å². The average Bonchev–Trinajstić information content (AvgIpc) is 2.73. The summed E-state index contributed by atoms with van der Waals surface area (Å²) in [4.78, 5) is 5.95. The van der Waals surface area contributed by atoms with E-state index in [9.17, 15) is 0 Å². The minimum absolute atomic E-state index is 0.601. The summed E-state index contributed by atoms with van der Waals surface area (Å²) < 4.78 is 10.3. The van der Waals surface area contributed by atoms with E-state index in [1.165, 1.54) is 9.88 Å². The zero-order chi connectivity index (χ0) is 13.2. The van der Waals surface area contributed by atoms with Crippen molar-refractivity contribution in [2.75, 3.05) is 27.4 Å². The first kappa shape index (κ1) is 15.6. The summed E-state index contributed by atoms with van der Waals surface area (Å²) in [7, 11) is 3.45. The van der Waals surface area contributed by atoms with Crippen molar-refractivity contribution in [1.29, 1.82) is 0 Å². The molecule has 0 bridgehead atoms. The first-order valence-electron chi connectivity index (χ1n) is 6.47. The molecule has 0 atom stereocenters. The highest BCUT2D eigenvalue weighted by molar-refractivity contribution is 7.11. The number of aryl methyl sites for hydroxylation is 1. The fraction of sp³-hybridized carbons (Fsp3) is 0.769. The van der Waals surface area contributed by atoms with Crippen LogP contribution in [-0.2, 0) is 29.0 Å². The van der Waals surface area contributed by atoms with Crippen molar-refractivity contribution in [3.63, 3.8) is 0 Å². The Labute approximate surface area is 114 Å². The Hall–Kier alpha value is -0.490. The van der Waals surface area contributed by atoms with Crippen LogP contribution in [0.25, 0.3) is 0 Å². The van der Waals surface area contributed by atoms with E-state index in [2.05, 4.69) is 17.2 Å². The lowest BCUT2D eigenvalue weighted by atomic mass is 10.3. The Morgan fingerprint density at radius 1 is 1.28 bits per heavy atom. The second kappa shape index (κ2) is 9.44. The smallest absolute Gasteiger partial charge is 0.0933 e. The molecule has 0 aromatic carbocycles. The van der Waals surface area contributed by atoms with Crippen LogP contribution < -0.4 is 5.32 Å². The molecule has 0 amide bonds. The molecule has 0 saturated carbocycles. The van der Waals surface area contributed by atoms with Crippen molar-refractivity contribution in [3.05, 3.63) is 15.6 Å². The Bertz CT molecular complexity index is 329. The zero-order valence-corrected chi connectivity index (χ0v) is 12.4. The summed E-state index contributed by atoms with van der Waals surface area (Å²) in [5.41, 5.74) is 1.08. The van der Waals surface area contributed by atoms with Gasteiger partial charge in [-0.25, -0.2) is 4.98 Å². The maximum Gasteiger partial charge on any atom is 0.0933 e. The van der Waals surface area contributed by atoms with Gasteiger partial charge in [-0.2, -0.15) is 0 Å². The molecule has 1 aromatic heterocycles. The molecule has 0 unspecified atom stereocenters. The van der Waals surface area contributed by atoms with Crippen LogP contribution in [0.5, 0.6) is 0 Å². The van der Waals surface area contributed by atoms with E-state index in [1.54, 1.807) is 25.6 Å². The molecule has 0 saturated heterocycles. The van der Waals surface area contributed by atoms with Gasteiger partial charge in [0, 0.05) is 38.7 Å². The van der Waals surface area contributed by atoms with Gasteiger partial charge < -0.3 is 14.8 Å². The molecule has 1 aromatic rings. The minimum Gasteiger partial charge on any atom is -0.385 e. The van der Waals surface area contributed by atoms with Crippen molar-refractivity contribution < 1.29 is 9.47 Å². The number of thiazole rings is 1. The maximum absolute atomic E-state index is 5.21. The molecule has 1 rings (SSSR count). The lowest BCUT2D eigenvalue weighted by Gasteiger charge is -2.02. The van der Waals surface area contributed by atoms with Crippen LogP contribution >= 0.6 is 11.3 Å². The minimum atomic E-state index is 0.601. The van der Waals surface area contributed by atoms with Gasteiger partial charge in [-0.05, 0) is 19.4 Å². The van der Waals surface area contributed by atoms with Crippen LogP contribution in [0.4, 0.5) is 0 Å². The van der Waals surface area contributed by atoms with Crippen LogP contribution in [-0.4, -0.2) is 32.4 Å². The zero-order valence-electron chi connectivity index (χ0n) is 11.6. The largest absolute Gasteiger partial charge is 0.385 e. The number of ether oxygens (including phenoxy) is 2. The molecule has 1 N–H and O–H groups in total. The number of aromatic nitrogens is 1. The Morgan fingerprint density at radius 3 is 2.78 bits per heavy atom. The van der Waals surface area contributed by atoms with Crippen molar-refractivity contribution in [2.45, 2.75) is 39.3 Å². The predicted molar refractivity (Wildman–Crippen MR) is 75.0 cm³/mol. The lowest BCUT2D eigenvalue weighted by molar-refractivity contribution is 0.181. The molecule has 0 aliphatic heterocycles. The van der Waals surface area contributed by atoms with Gasteiger partial charge in [-0.3, -0.25) is 0 Å². The lowest BCUT2D eigenvalue weighted by Crippen LogP contribution is -2.14. The summed E-state index contributed by atoms with van der Waals surface area (Å²) in [6.07, 6.45) is 3.17. The van der Waals surface area contributed by atoms with E-state index >= 15 is 0 Å². The number of rotatable bonds is 10. The van der Waals surface area contributed by atoms with Gasteiger partial charge in [-0.15, -0.1) is 11.3 Å². The van der Waals surface area contributed by atoms with Crippen LogP contribution in [0.2, 0.25) is 0 Å². The van der Waals surface area contributed by atoms with Crippen molar-refractivity contribution in [1.82, 2.24) is 10.3 Å². The monoisotopic (exact) mass is 272 g/mol. The molecule has 0 radical (unpaired) electrons. The van der Waals surface area contributed by atoms with Crippen LogP contribution in [0.1, 0.15) is 35.3 Å². The molecule has 0 fully saturated rings. The molecule has 4 nitrogen and oxygen atoms in total. The second-order valence-electron chi connectivity index (χ2n) is 4.18. The van der Waals surface area contributed by atoms with Crippen LogP contribution in [0, 0.1) is 0 Å². The van der Waals surface area contributed by atoms with Crippen molar-refractivity contribution >= 4 is 11.3 Å². The highest BCUT2D eigenvalue weighted by Gasteiger charge is 2.10. The van der Waals surface area contributed by atoms with E-state index in [-0.39, 0.29) is 0 Å². The molecule has 104 valence electrons. The number of nitrogens with zero attached hydrogens (tertiary/aromatic N) is 1. The Kier molecular flexibility index (Phi) is 8.17. The molecule has 0 spiro atoms. The van der Waals surface area contributed by atoms with Crippen LogP contribution in [0.15, 0.2) is 0 Å². The molecule has 1 heterocycles. The fourth-order valence-electron chi connectivity index (χ4n) is 1.68. The summed E-state index contributed by atoms with van der Waals surface area (Å²) in [5.74, 6) is 0. The van der Waals surface area contributed by atoms with Gasteiger partial charge in [0.1, 0.15) is 0 Å². The van der Waals surface area contributed by atoms with Crippen LogP contribution in [0.3, 0.4) is 0 Å². The molecular formula is C13H24N2O2S. The fourth-order valence-corrected chi connectivity index (χ4v) is 2.76. The SMILES string of the molecule is CCCNCc1sc(CCCOC)nc1COC. The first-order chi connectivity index (χ1) is 8.81. The average molecular weight is 272 g/mol. The first-order valence-corrected chi connectivity index (χ1v) is 7.29. The molecular weight excluding hydrogens is 248 g/mol. The predicted octanol–water partition coefficient (Wildman–Crippen LogP) is 2.37. The number of hydrogen-bond acceptors (Lipinski definition) is 5. The summed E-state index contributed by atoms with van der Waals surface area (Å²) in [6.45, 7) is 5.51. The molecule has 0 aliphatic carbocycles. The summed E-state index contributed by atoms with van der Waals surface area (Å²) >= 11 is 1.79. The Balaban J connectivity index is 2.55. The Morgan fingerprint density at radius 2 is 2.11 bits per heavy atom. The quantitative estimate of drug-likeness (QED) is 0.664. The standard InChI is InChI=1S/C13H24N2O2S/c1-4-7-14-9-12-11(10-17-3)15-13(18-12)6-5-8-16-2/h14H,4-10H2,1-3H3. The molecule has 18 heavy (non-hydrogen) atoms. The van der Waals surface area contributed by atoms with Gasteiger partial charge in [0.15, 0.2) is 0 Å². The van der Waals surface area contributed by atoms with E-state index < -0.39 is 0 Å². The normalized spacial score (nSPS) is 11.1.